The van der Waals surface area contributed by atoms with E-state index in [0.717, 1.165) is 22.3 Å². The number of hydrogen-bond acceptors (Lipinski definition) is 3. The van der Waals surface area contributed by atoms with Crippen LogP contribution >= 0.6 is 11.6 Å². The van der Waals surface area contributed by atoms with Gasteiger partial charge in [-0.1, -0.05) is 86.1 Å². The van der Waals surface area contributed by atoms with Crippen LogP contribution < -0.4 is 10.1 Å². The molecule has 0 fully saturated rings. The molecule has 2 amide bonds. The maximum Gasteiger partial charge on any atom is 0.261 e. The molecular weight excluding hydrogens is 472 g/mol. The fourth-order valence-corrected chi connectivity index (χ4v) is 4.08. The first-order valence-electron chi connectivity index (χ1n) is 12.3. The summed E-state index contributed by atoms with van der Waals surface area (Å²) in [4.78, 5) is 28.7. The van der Waals surface area contributed by atoms with Crippen LogP contribution in [0.15, 0.2) is 72.8 Å². The van der Waals surface area contributed by atoms with Crippen LogP contribution in [-0.4, -0.2) is 35.9 Å². The van der Waals surface area contributed by atoms with Gasteiger partial charge in [-0.05, 0) is 54.2 Å². The van der Waals surface area contributed by atoms with Crippen LogP contribution in [0.4, 0.5) is 0 Å². The van der Waals surface area contributed by atoms with Crippen molar-refractivity contribution in [2.45, 2.75) is 46.7 Å². The Morgan fingerprint density at radius 2 is 1.47 bits per heavy atom. The molecule has 0 aromatic heterocycles. The predicted molar refractivity (Wildman–Crippen MR) is 145 cm³/mol. The van der Waals surface area contributed by atoms with E-state index in [4.69, 9.17) is 16.3 Å². The van der Waals surface area contributed by atoms with Crippen molar-refractivity contribution in [3.8, 4) is 5.75 Å². The summed E-state index contributed by atoms with van der Waals surface area (Å²) < 4.78 is 5.90. The first-order valence-corrected chi connectivity index (χ1v) is 12.7. The second kappa shape index (κ2) is 13.1. The Kier molecular flexibility index (Phi) is 9.95. The minimum Gasteiger partial charge on any atom is -0.484 e. The fourth-order valence-electron chi connectivity index (χ4n) is 3.97. The molecule has 0 radical (unpaired) electrons. The quantitative estimate of drug-likeness (QED) is 0.360. The summed E-state index contributed by atoms with van der Waals surface area (Å²) in [6.45, 7) is 8.55. The van der Waals surface area contributed by atoms with Gasteiger partial charge >= 0.3 is 0 Å². The molecule has 0 unspecified atom stereocenters. The molecule has 0 spiro atoms. The summed E-state index contributed by atoms with van der Waals surface area (Å²) >= 11 is 6.28. The third-order valence-electron chi connectivity index (χ3n) is 5.92. The third-order valence-corrected chi connectivity index (χ3v) is 6.52. The molecule has 1 atom stereocenters. The largest absolute Gasteiger partial charge is 0.484 e. The molecule has 3 aromatic rings. The zero-order valence-corrected chi connectivity index (χ0v) is 22.2. The number of nitrogens with one attached hydrogen (secondary N) is 1. The van der Waals surface area contributed by atoms with E-state index < -0.39 is 6.04 Å². The minimum atomic E-state index is -0.684. The number of rotatable bonds is 11. The van der Waals surface area contributed by atoms with Crippen molar-refractivity contribution in [3.05, 3.63) is 100 Å². The van der Waals surface area contributed by atoms with E-state index in [1.165, 1.54) is 0 Å². The van der Waals surface area contributed by atoms with E-state index in [0.29, 0.717) is 36.2 Å². The first-order chi connectivity index (χ1) is 17.2. The van der Waals surface area contributed by atoms with Gasteiger partial charge in [0.2, 0.25) is 5.91 Å². The van der Waals surface area contributed by atoms with Gasteiger partial charge in [-0.25, -0.2) is 0 Å². The Morgan fingerprint density at radius 3 is 2.03 bits per heavy atom. The summed E-state index contributed by atoms with van der Waals surface area (Å²) in [5.74, 6) is 0.440. The second-order valence-corrected chi connectivity index (χ2v) is 9.89. The normalized spacial score (nSPS) is 11.7. The van der Waals surface area contributed by atoms with Crippen LogP contribution in [0.2, 0.25) is 5.02 Å². The van der Waals surface area contributed by atoms with Crippen molar-refractivity contribution in [3.63, 3.8) is 0 Å². The van der Waals surface area contributed by atoms with Gasteiger partial charge in [0.25, 0.3) is 5.91 Å². The van der Waals surface area contributed by atoms with Crippen LogP contribution in [0.3, 0.4) is 0 Å². The SMILES string of the molecule is Cc1cc(OCC(=O)N(Cc2ccccc2)[C@H](Cc2ccccc2)C(=O)NCC(C)C)cc(C)c1Cl. The molecule has 36 heavy (non-hydrogen) atoms. The number of benzene rings is 3. The predicted octanol–water partition coefficient (Wildman–Crippen LogP) is 5.75. The maximum atomic E-state index is 13.6. The second-order valence-electron chi connectivity index (χ2n) is 9.51. The van der Waals surface area contributed by atoms with E-state index in [9.17, 15) is 9.59 Å². The van der Waals surface area contributed by atoms with E-state index in [1.54, 1.807) is 4.90 Å². The lowest BCUT2D eigenvalue weighted by Gasteiger charge is -2.31. The molecule has 0 aliphatic heterocycles. The number of carbonyl (C=O) groups excluding carboxylic acids is 2. The Balaban J connectivity index is 1.89. The van der Waals surface area contributed by atoms with Crippen molar-refractivity contribution in [1.29, 1.82) is 0 Å². The molecule has 5 nitrogen and oxygen atoms in total. The minimum absolute atomic E-state index is 0.171. The lowest BCUT2D eigenvalue weighted by molar-refractivity contribution is -0.142. The Labute approximate surface area is 219 Å². The highest BCUT2D eigenvalue weighted by atomic mass is 35.5. The molecule has 0 saturated carbocycles. The highest BCUT2D eigenvalue weighted by molar-refractivity contribution is 6.32. The number of hydrogen-bond donors (Lipinski definition) is 1. The van der Waals surface area contributed by atoms with Gasteiger partial charge in [0.1, 0.15) is 11.8 Å². The Morgan fingerprint density at radius 1 is 0.917 bits per heavy atom. The summed E-state index contributed by atoms with van der Waals surface area (Å²) in [6.07, 6.45) is 0.405. The molecule has 190 valence electrons. The van der Waals surface area contributed by atoms with Gasteiger partial charge in [0.15, 0.2) is 6.61 Å². The van der Waals surface area contributed by atoms with Gasteiger partial charge in [0.05, 0.1) is 0 Å². The zero-order valence-electron chi connectivity index (χ0n) is 21.5. The topological polar surface area (TPSA) is 58.6 Å². The molecule has 0 aliphatic carbocycles. The smallest absolute Gasteiger partial charge is 0.261 e. The van der Waals surface area contributed by atoms with Crippen LogP contribution in [-0.2, 0) is 22.6 Å². The van der Waals surface area contributed by atoms with Crippen molar-refractivity contribution < 1.29 is 14.3 Å². The lowest BCUT2D eigenvalue weighted by Crippen LogP contribution is -2.52. The van der Waals surface area contributed by atoms with Crippen LogP contribution in [0.25, 0.3) is 0 Å². The van der Waals surface area contributed by atoms with Gasteiger partial charge in [-0.15, -0.1) is 0 Å². The summed E-state index contributed by atoms with van der Waals surface area (Å²) in [6, 6.07) is 22.4. The highest BCUT2D eigenvalue weighted by Gasteiger charge is 2.30. The van der Waals surface area contributed by atoms with E-state index >= 15 is 0 Å². The van der Waals surface area contributed by atoms with Crippen LogP contribution in [0.5, 0.6) is 5.75 Å². The number of ether oxygens (including phenoxy) is 1. The molecule has 3 rings (SSSR count). The van der Waals surface area contributed by atoms with Crippen molar-refractivity contribution in [2.75, 3.05) is 13.2 Å². The van der Waals surface area contributed by atoms with E-state index in [2.05, 4.69) is 5.32 Å². The third kappa shape index (κ3) is 7.85. The monoisotopic (exact) mass is 506 g/mol. The zero-order chi connectivity index (χ0) is 26.1. The molecule has 0 saturated heterocycles. The van der Waals surface area contributed by atoms with Gasteiger partial charge < -0.3 is 15.0 Å². The van der Waals surface area contributed by atoms with Crippen molar-refractivity contribution >= 4 is 23.4 Å². The highest BCUT2D eigenvalue weighted by Crippen LogP contribution is 2.26. The van der Waals surface area contributed by atoms with Crippen LogP contribution in [0, 0.1) is 19.8 Å². The maximum absolute atomic E-state index is 13.6. The molecule has 1 N–H and O–H groups in total. The number of amides is 2. The lowest BCUT2D eigenvalue weighted by atomic mass is 10.0. The average molecular weight is 507 g/mol. The Hall–Kier alpha value is -3.31. The first kappa shape index (κ1) is 27.3. The summed E-state index contributed by atoms with van der Waals surface area (Å²) in [5.41, 5.74) is 3.70. The number of nitrogens with zero attached hydrogens (tertiary/aromatic N) is 1. The Bertz CT molecular complexity index is 1130. The standard InChI is InChI=1S/C30H35ClN2O3/c1-21(2)18-32-30(35)27(17-24-11-7-5-8-12-24)33(19-25-13-9-6-10-14-25)28(34)20-36-26-15-22(3)29(31)23(4)16-26/h5-16,21,27H,17-20H2,1-4H3,(H,32,35)/t27-/m1/s1. The molecule has 0 aliphatic rings. The van der Waals surface area contributed by atoms with Gasteiger partial charge in [-0.3, -0.25) is 9.59 Å². The fraction of sp³-hybridized carbons (Fsp3) is 0.333. The molecule has 0 heterocycles. The molecule has 6 heteroatoms. The van der Waals surface area contributed by atoms with Gasteiger partial charge in [0, 0.05) is 24.5 Å². The average Bonchev–Trinajstić information content (AvgIpc) is 2.87. The number of halogens is 1. The molecule has 3 aromatic carbocycles. The van der Waals surface area contributed by atoms with Crippen LogP contribution in [0.1, 0.15) is 36.1 Å². The molecule has 0 bridgehead atoms. The van der Waals surface area contributed by atoms with E-state index in [1.807, 2.05) is 100 Å². The van der Waals surface area contributed by atoms with E-state index in [-0.39, 0.29) is 18.4 Å². The number of aryl methyl sites for hydroxylation is 2. The summed E-state index contributed by atoms with van der Waals surface area (Å²) in [7, 11) is 0. The van der Waals surface area contributed by atoms with Gasteiger partial charge in [-0.2, -0.15) is 0 Å². The van der Waals surface area contributed by atoms with Crippen molar-refractivity contribution in [2.24, 2.45) is 5.92 Å². The molecular formula is C30H35ClN2O3. The van der Waals surface area contributed by atoms with Crippen molar-refractivity contribution in [1.82, 2.24) is 10.2 Å². The summed E-state index contributed by atoms with van der Waals surface area (Å²) in [5, 5.41) is 3.71. The number of carbonyl (C=O) groups is 2.